The number of anilines is 4. The van der Waals surface area contributed by atoms with E-state index in [0.717, 1.165) is 19.3 Å². The Labute approximate surface area is 383 Å². The Morgan fingerprint density at radius 2 is 0.923 bits per heavy atom. The molecule has 0 aliphatic heterocycles. The number of rotatable bonds is 10. The van der Waals surface area contributed by atoms with Gasteiger partial charge >= 0.3 is 0 Å². The molecule has 2 aliphatic carbocycles. The van der Waals surface area contributed by atoms with E-state index < -0.39 is 0 Å². The first-order valence-corrected chi connectivity index (χ1v) is 23.7. The summed E-state index contributed by atoms with van der Waals surface area (Å²) in [7, 11) is 0. The van der Waals surface area contributed by atoms with Gasteiger partial charge in [0.1, 0.15) is 0 Å². The highest BCUT2D eigenvalue weighted by atomic mass is 15.2. The van der Waals surface area contributed by atoms with E-state index in [-0.39, 0.29) is 17.0 Å². The zero-order valence-corrected chi connectivity index (χ0v) is 38.1. The van der Waals surface area contributed by atoms with Gasteiger partial charge in [-0.05, 0) is 139 Å². The van der Waals surface area contributed by atoms with Crippen LogP contribution in [0.4, 0.5) is 22.7 Å². The van der Waals surface area contributed by atoms with Crippen LogP contribution in [-0.4, -0.2) is 0 Å². The van der Waals surface area contributed by atoms with Crippen LogP contribution in [-0.2, 0) is 11.0 Å². The fraction of sp³-hybridized carbons (Fsp3) is 0.175. The second kappa shape index (κ2) is 15.0. The van der Waals surface area contributed by atoms with E-state index in [1.165, 1.54) is 110 Å². The summed E-state index contributed by atoms with van der Waals surface area (Å²) < 4.78 is 0. The fourth-order valence-corrected chi connectivity index (χ4v) is 12.0. The van der Waals surface area contributed by atoms with Crippen molar-refractivity contribution in [3.05, 3.63) is 228 Å². The summed E-state index contributed by atoms with van der Waals surface area (Å²) in [5.74, 6) is 0. The summed E-state index contributed by atoms with van der Waals surface area (Å²) in [4.78, 5) is 5.33. The minimum absolute atomic E-state index is 0.125. The van der Waals surface area contributed by atoms with Crippen molar-refractivity contribution < 1.29 is 0 Å². The van der Waals surface area contributed by atoms with Gasteiger partial charge < -0.3 is 9.80 Å². The Balaban J connectivity index is 1.02. The number of aryl methyl sites for hydroxylation is 1. The molecule has 2 nitrogen and oxygen atoms in total. The van der Waals surface area contributed by atoms with Crippen LogP contribution in [0.15, 0.2) is 194 Å². The standard InChI is InChI=1S/C63H54N2/c1-6-22-59(64(44-25-10-8-11-26-44)60-36-42-23-14-16-29-46(42)48-31-18-20-33-50(48)60)52-38-55-53(35-41(52)3)54-39-57-58(40-56(54)62(55,4)5)63(57,7-2)65(45-27-12-9-13-28-45)61-37-43-24-15-17-30-47(43)49-32-19-21-34-51(49)61/h8-21,23-40,59H,6-7,22H2,1-5H3. The molecule has 65 heavy (non-hydrogen) atoms. The maximum Gasteiger partial charge on any atom is 0.0960 e. The minimum Gasteiger partial charge on any atom is -0.333 e. The third-order valence-corrected chi connectivity index (χ3v) is 15.2. The molecule has 0 radical (unpaired) electrons. The average Bonchev–Trinajstić information content (AvgIpc) is 3.93. The smallest absolute Gasteiger partial charge is 0.0960 e. The molecule has 316 valence electrons. The molecule has 0 fully saturated rings. The van der Waals surface area contributed by atoms with E-state index >= 15 is 0 Å². The molecule has 2 atom stereocenters. The Morgan fingerprint density at radius 3 is 1.52 bits per heavy atom. The van der Waals surface area contributed by atoms with E-state index in [0.29, 0.717) is 0 Å². The van der Waals surface area contributed by atoms with Crippen LogP contribution in [0.3, 0.4) is 0 Å². The first-order chi connectivity index (χ1) is 31.8. The summed E-state index contributed by atoms with van der Waals surface area (Å²) in [6.45, 7) is 12.0. The second-order valence-electron chi connectivity index (χ2n) is 19.0. The number of hydrogen-bond donors (Lipinski definition) is 0. The van der Waals surface area contributed by atoms with E-state index in [1.54, 1.807) is 0 Å². The van der Waals surface area contributed by atoms with Crippen LogP contribution in [0.25, 0.3) is 54.2 Å². The van der Waals surface area contributed by atoms with Crippen LogP contribution in [0.5, 0.6) is 0 Å². The first-order valence-electron chi connectivity index (χ1n) is 23.7. The van der Waals surface area contributed by atoms with Crippen LogP contribution >= 0.6 is 0 Å². The van der Waals surface area contributed by atoms with Gasteiger partial charge in [-0.2, -0.15) is 0 Å². The minimum atomic E-state index is -0.271. The van der Waals surface area contributed by atoms with Crippen molar-refractivity contribution in [2.75, 3.05) is 9.80 Å². The molecule has 0 spiro atoms. The number of hydrogen-bond acceptors (Lipinski definition) is 2. The Bertz CT molecular complexity index is 3490. The molecule has 0 saturated carbocycles. The molecule has 10 aromatic rings. The van der Waals surface area contributed by atoms with Crippen molar-refractivity contribution in [3.63, 3.8) is 0 Å². The maximum atomic E-state index is 2.67. The largest absolute Gasteiger partial charge is 0.333 e. The molecular weight excluding hydrogens is 785 g/mol. The van der Waals surface area contributed by atoms with Gasteiger partial charge in [-0.25, -0.2) is 0 Å². The third kappa shape index (κ3) is 5.86. The molecule has 2 heteroatoms. The third-order valence-electron chi connectivity index (χ3n) is 15.2. The average molecular weight is 839 g/mol. The van der Waals surface area contributed by atoms with Crippen LogP contribution in [0.1, 0.15) is 86.4 Å². The molecular formula is C63H54N2. The van der Waals surface area contributed by atoms with E-state index in [1.807, 2.05) is 0 Å². The second-order valence-corrected chi connectivity index (χ2v) is 19.0. The lowest BCUT2D eigenvalue weighted by molar-refractivity contribution is 0.607. The van der Waals surface area contributed by atoms with Crippen LogP contribution in [0.2, 0.25) is 0 Å². The van der Waals surface area contributed by atoms with Gasteiger partial charge in [0.05, 0.1) is 23.0 Å². The molecule has 2 unspecified atom stereocenters. The van der Waals surface area contributed by atoms with Gasteiger partial charge in [0.25, 0.3) is 0 Å². The van der Waals surface area contributed by atoms with Crippen molar-refractivity contribution in [1.29, 1.82) is 0 Å². The lowest BCUT2D eigenvalue weighted by Crippen LogP contribution is -2.32. The highest BCUT2D eigenvalue weighted by Crippen LogP contribution is 2.64. The summed E-state index contributed by atoms with van der Waals surface area (Å²) in [5.41, 5.74) is 15.8. The summed E-state index contributed by atoms with van der Waals surface area (Å²) in [5, 5.41) is 10.3. The highest BCUT2D eigenvalue weighted by Gasteiger charge is 2.56. The Kier molecular flexibility index (Phi) is 9.08. The maximum absolute atomic E-state index is 2.67. The van der Waals surface area contributed by atoms with E-state index in [9.17, 15) is 0 Å². The van der Waals surface area contributed by atoms with Crippen molar-refractivity contribution in [1.82, 2.24) is 0 Å². The molecule has 0 amide bonds. The SMILES string of the molecule is CCCC(c1cc2c(cc1C)-c1cc3c(cc1C2(C)C)C3(CC)N(c1ccccc1)c1cc2ccccc2c2ccccc12)N(c1ccccc1)c1cc2ccccc2c2ccccc12. The molecule has 0 saturated heterocycles. The lowest BCUT2D eigenvalue weighted by Gasteiger charge is -2.37. The molecule has 0 heterocycles. The first kappa shape index (κ1) is 39.4. The Hall–Kier alpha value is -7.16. The lowest BCUT2D eigenvalue weighted by atomic mass is 9.80. The quantitative estimate of drug-likeness (QED) is 0.127. The number of fused-ring (bicyclic) bond motifs is 10. The van der Waals surface area contributed by atoms with E-state index in [2.05, 4.69) is 239 Å². The number of benzene rings is 10. The molecule has 0 N–H and O–H groups in total. The Morgan fingerprint density at radius 1 is 0.446 bits per heavy atom. The highest BCUT2D eigenvalue weighted by molar-refractivity contribution is 6.15. The fourth-order valence-electron chi connectivity index (χ4n) is 12.0. The van der Waals surface area contributed by atoms with Gasteiger partial charge in [-0.1, -0.05) is 186 Å². The summed E-state index contributed by atoms with van der Waals surface area (Å²) in [6, 6.07) is 73.2. The zero-order valence-electron chi connectivity index (χ0n) is 38.1. The molecule has 0 aromatic heterocycles. The predicted octanol–water partition coefficient (Wildman–Crippen LogP) is 17.4. The predicted molar refractivity (Wildman–Crippen MR) is 278 cm³/mol. The molecule has 10 aromatic carbocycles. The van der Waals surface area contributed by atoms with Crippen LogP contribution < -0.4 is 9.80 Å². The van der Waals surface area contributed by atoms with Crippen molar-refractivity contribution >= 4 is 65.8 Å². The summed E-state index contributed by atoms with van der Waals surface area (Å²) in [6.07, 6.45) is 3.05. The summed E-state index contributed by atoms with van der Waals surface area (Å²) >= 11 is 0. The molecule has 12 rings (SSSR count). The molecule has 2 aliphatic rings. The van der Waals surface area contributed by atoms with Crippen LogP contribution in [0, 0.1) is 6.92 Å². The topological polar surface area (TPSA) is 6.48 Å². The number of para-hydroxylation sites is 2. The van der Waals surface area contributed by atoms with Crippen molar-refractivity contribution in [2.45, 2.75) is 70.9 Å². The van der Waals surface area contributed by atoms with Gasteiger partial charge in [-0.3, -0.25) is 0 Å². The zero-order chi connectivity index (χ0) is 44.0. The normalized spacial score (nSPS) is 16.1. The van der Waals surface area contributed by atoms with E-state index in [4.69, 9.17) is 0 Å². The van der Waals surface area contributed by atoms with Gasteiger partial charge in [0.2, 0.25) is 0 Å². The van der Waals surface area contributed by atoms with Gasteiger partial charge in [0.15, 0.2) is 0 Å². The monoisotopic (exact) mass is 838 g/mol. The molecule has 0 bridgehead atoms. The number of nitrogens with zero attached hydrogens (tertiary/aromatic N) is 2. The van der Waals surface area contributed by atoms with Gasteiger partial charge in [-0.15, -0.1) is 0 Å². The van der Waals surface area contributed by atoms with Crippen molar-refractivity contribution in [3.8, 4) is 11.1 Å². The van der Waals surface area contributed by atoms with Gasteiger partial charge in [0, 0.05) is 27.6 Å². The van der Waals surface area contributed by atoms with Crippen molar-refractivity contribution in [2.24, 2.45) is 0 Å².